The molecule has 9 heterocycles. The maximum absolute atomic E-state index is 13.9. The summed E-state index contributed by atoms with van der Waals surface area (Å²) in [6.07, 6.45) is -8.29. The Labute approximate surface area is 498 Å². The SMILES string of the molecule is COc1ccc(C2CC(C(F)(F)F)n3nc(C4CCNCC4)cc3N2)cc1OC.COc1ccc([C@@H]2C[C@H](C(F)(F)F)n3nc(C4CCNCC4)cc3N2)cc1OC.COc1ccc([C@H]2C[C@@H](C(F)(F)F)n3nc(C4CCNCC4)cc3N2)cc1OC. The molecule has 0 saturated carbocycles. The van der Waals surface area contributed by atoms with Gasteiger partial charge in [-0.15, -0.1) is 0 Å². The van der Waals surface area contributed by atoms with Gasteiger partial charge in [-0.05, 0) is 131 Å². The molecule has 0 aliphatic carbocycles. The highest BCUT2D eigenvalue weighted by atomic mass is 19.4. The Kier molecular flexibility index (Phi) is 19.2. The number of piperidine rings is 3. The molecule has 18 nitrogen and oxygen atoms in total. The smallest absolute Gasteiger partial charge is 0.410 e. The molecule has 12 rings (SSSR count). The summed E-state index contributed by atoms with van der Waals surface area (Å²) in [6, 6.07) is 14.4. The van der Waals surface area contributed by atoms with Gasteiger partial charge in [0.05, 0.1) is 77.9 Å². The molecule has 3 aromatic carbocycles. The molecule has 6 N–H and O–H groups in total. The molecule has 87 heavy (non-hydrogen) atoms. The van der Waals surface area contributed by atoms with E-state index in [1.165, 1.54) is 42.7 Å². The van der Waals surface area contributed by atoms with Crippen LogP contribution < -0.4 is 60.3 Å². The van der Waals surface area contributed by atoms with Gasteiger partial charge in [-0.2, -0.15) is 54.8 Å². The Hall–Kier alpha value is -7.26. The highest BCUT2D eigenvalue weighted by Gasteiger charge is 2.50. The van der Waals surface area contributed by atoms with Crippen molar-refractivity contribution in [1.29, 1.82) is 0 Å². The monoisotopic (exact) mass is 1230 g/mol. The van der Waals surface area contributed by atoms with Gasteiger partial charge >= 0.3 is 18.5 Å². The van der Waals surface area contributed by atoms with E-state index >= 15 is 0 Å². The molecule has 3 fully saturated rings. The fraction of sp³-hybridized carbons (Fsp3) is 0.550. The number of ether oxygens (including phenoxy) is 6. The molecule has 0 spiro atoms. The second-order valence-electron chi connectivity index (χ2n) is 22.6. The zero-order valence-corrected chi connectivity index (χ0v) is 49.3. The van der Waals surface area contributed by atoms with Crippen LogP contribution in [0.2, 0.25) is 0 Å². The maximum atomic E-state index is 13.9. The molecule has 6 aliphatic rings. The number of alkyl halides is 9. The first kappa shape index (κ1) is 62.8. The lowest BCUT2D eigenvalue weighted by atomic mass is 9.94. The predicted octanol–water partition coefficient (Wildman–Crippen LogP) is 12.1. The quantitative estimate of drug-likeness (QED) is 0.0637. The van der Waals surface area contributed by atoms with Crippen LogP contribution in [-0.4, -0.2) is 130 Å². The third kappa shape index (κ3) is 14.0. The summed E-state index contributed by atoms with van der Waals surface area (Å²) in [7, 11) is 9.10. The van der Waals surface area contributed by atoms with Crippen molar-refractivity contribution in [2.75, 3.05) is 97.9 Å². The van der Waals surface area contributed by atoms with E-state index in [1.54, 1.807) is 72.8 Å². The molecule has 0 bridgehead atoms. The van der Waals surface area contributed by atoms with Gasteiger partial charge in [0.1, 0.15) is 17.5 Å². The third-order valence-electron chi connectivity index (χ3n) is 17.3. The van der Waals surface area contributed by atoms with Crippen LogP contribution in [0, 0.1) is 0 Å². The topological polar surface area (TPSA) is 181 Å². The van der Waals surface area contributed by atoms with E-state index in [-0.39, 0.29) is 37.0 Å². The molecule has 3 saturated heterocycles. The van der Waals surface area contributed by atoms with E-state index < -0.39 is 54.8 Å². The maximum Gasteiger partial charge on any atom is 0.410 e. The number of aromatic nitrogens is 6. The molecule has 6 aromatic rings. The normalized spacial score (nSPS) is 22.7. The van der Waals surface area contributed by atoms with Crippen molar-refractivity contribution in [2.45, 2.75) is 130 Å². The molecule has 27 heteroatoms. The van der Waals surface area contributed by atoms with Gasteiger partial charge in [-0.25, -0.2) is 14.0 Å². The van der Waals surface area contributed by atoms with Crippen LogP contribution >= 0.6 is 0 Å². The van der Waals surface area contributed by atoms with Crippen molar-refractivity contribution in [3.8, 4) is 34.5 Å². The van der Waals surface area contributed by atoms with Crippen molar-refractivity contribution in [3.05, 3.63) is 107 Å². The number of nitrogens with zero attached hydrogens (tertiary/aromatic N) is 6. The Morgan fingerprint density at radius 3 is 0.816 bits per heavy atom. The summed E-state index contributed by atoms with van der Waals surface area (Å²) < 4.78 is 160. The highest BCUT2D eigenvalue weighted by Crippen LogP contribution is 2.49. The number of rotatable bonds is 12. The number of fused-ring (bicyclic) bond motifs is 3. The van der Waals surface area contributed by atoms with Crippen molar-refractivity contribution in [3.63, 3.8) is 0 Å². The zero-order chi connectivity index (χ0) is 61.8. The van der Waals surface area contributed by atoms with Gasteiger partial charge in [0.2, 0.25) is 0 Å². The molecule has 6 atom stereocenters. The van der Waals surface area contributed by atoms with Gasteiger partial charge in [0.15, 0.2) is 52.6 Å². The zero-order valence-electron chi connectivity index (χ0n) is 49.3. The first-order chi connectivity index (χ1) is 41.7. The van der Waals surface area contributed by atoms with Crippen LogP contribution in [0.5, 0.6) is 34.5 Å². The van der Waals surface area contributed by atoms with E-state index in [0.29, 0.717) is 68.6 Å². The summed E-state index contributed by atoms with van der Waals surface area (Å²) >= 11 is 0. The molecule has 0 amide bonds. The largest absolute Gasteiger partial charge is 0.493 e. The summed E-state index contributed by atoms with van der Waals surface area (Å²) in [5, 5.41) is 32.7. The fourth-order valence-electron chi connectivity index (χ4n) is 12.6. The van der Waals surface area contributed by atoms with E-state index in [9.17, 15) is 39.5 Å². The number of hydrogen-bond acceptors (Lipinski definition) is 15. The van der Waals surface area contributed by atoms with Crippen molar-refractivity contribution < 1.29 is 67.9 Å². The minimum atomic E-state index is -4.39. The summed E-state index contributed by atoms with van der Waals surface area (Å²) in [5.74, 6) is 4.87. The number of halogens is 9. The number of anilines is 3. The van der Waals surface area contributed by atoms with Gasteiger partial charge < -0.3 is 60.3 Å². The van der Waals surface area contributed by atoms with Crippen LogP contribution in [0.3, 0.4) is 0 Å². The van der Waals surface area contributed by atoms with Crippen LogP contribution in [0.1, 0.15) is 146 Å². The Morgan fingerprint density at radius 1 is 0.356 bits per heavy atom. The lowest BCUT2D eigenvalue weighted by Crippen LogP contribution is -2.35. The molecule has 2 unspecified atom stereocenters. The second-order valence-corrected chi connectivity index (χ2v) is 22.6. The van der Waals surface area contributed by atoms with Gasteiger partial charge in [-0.3, -0.25) is 0 Å². The Balaban J connectivity index is 0.000000144. The standard InChI is InChI=1S/3C20H25F3N4O2/c3*1-28-16-4-3-13(9-17(16)29-2)14-10-18(20(21,22)23)27-19(25-14)11-15(26-27)12-5-7-24-8-6-12/h3*3-4,9,11-12,14,18,24-25H,5-8,10H2,1-2H3/t2*14-,18+;/m10./s1. The molecular weight excluding hydrogens is 1160 g/mol. The summed E-state index contributed by atoms with van der Waals surface area (Å²) in [4.78, 5) is 0. The van der Waals surface area contributed by atoms with E-state index in [0.717, 1.165) is 109 Å². The number of hydrogen-bond donors (Lipinski definition) is 6. The van der Waals surface area contributed by atoms with Gasteiger partial charge in [0, 0.05) is 55.2 Å². The number of benzene rings is 3. The first-order valence-electron chi connectivity index (χ1n) is 29.3. The summed E-state index contributed by atoms with van der Waals surface area (Å²) in [6.45, 7) is 5.15. The fourth-order valence-corrected chi connectivity index (χ4v) is 12.6. The highest BCUT2D eigenvalue weighted by molar-refractivity contribution is 5.52. The average molecular weight is 1230 g/mol. The molecule has 0 radical (unpaired) electrons. The van der Waals surface area contributed by atoms with Crippen molar-refractivity contribution in [2.24, 2.45) is 0 Å². The van der Waals surface area contributed by atoms with Crippen molar-refractivity contribution >= 4 is 17.5 Å². The minimum Gasteiger partial charge on any atom is -0.493 e. The summed E-state index contributed by atoms with van der Waals surface area (Å²) in [5.41, 5.74) is 4.34. The first-order valence-corrected chi connectivity index (χ1v) is 29.3. The number of methoxy groups -OCH3 is 6. The average Bonchev–Trinajstić information content (AvgIpc) is 1.88. The predicted molar refractivity (Wildman–Crippen MR) is 308 cm³/mol. The lowest BCUT2D eigenvalue weighted by Gasteiger charge is -2.33. The molecule has 3 aromatic heterocycles. The minimum absolute atomic E-state index is 0.140. The Bertz CT molecular complexity index is 2920. The van der Waals surface area contributed by atoms with E-state index in [1.807, 2.05) is 0 Å². The van der Waals surface area contributed by atoms with Crippen molar-refractivity contribution in [1.82, 2.24) is 45.3 Å². The Morgan fingerprint density at radius 2 is 0.598 bits per heavy atom. The number of nitrogens with one attached hydrogen (secondary N) is 6. The van der Waals surface area contributed by atoms with Crippen LogP contribution in [0.25, 0.3) is 0 Å². The second kappa shape index (κ2) is 26.6. The van der Waals surface area contributed by atoms with Crippen LogP contribution in [0.15, 0.2) is 72.8 Å². The molecule has 6 aliphatic heterocycles. The van der Waals surface area contributed by atoms with E-state index in [2.05, 4.69) is 47.2 Å². The van der Waals surface area contributed by atoms with Gasteiger partial charge in [-0.1, -0.05) is 18.2 Å². The molecule has 474 valence electrons. The van der Waals surface area contributed by atoms with E-state index in [4.69, 9.17) is 28.4 Å². The van der Waals surface area contributed by atoms with Crippen LogP contribution in [0.4, 0.5) is 57.0 Å². The third-order valence-corrected chi connectivity index (χ3v) is 17.3. The lowest BCUT2D eigenvalue weighted by molar-refractivity contribution is -0.174. The molecular formula is C60H75F9N12O6. The van der Waals surface area contributed by atoms with Crippen LogP contribution in [-0.2, 0) is 0 Å². The van der Waals surface area contributed by atoms with Gasteiger partial charge in [0.25, 0.3) is 0 Å².